The second kappa shape index (κ2) is 7.31. The molecule has 0 atom stereocenters. The molecule has 0 saturated heterocycles. The van der Waals surface area contributed by atoms with Crippen molar-refractivity contribution in [3.63, 3.8) is 0 Å². The molecule has 0 spiro atoms. The van der Waals surface area contributed by atoms with Crippen LogP contribution in [0.4, 0.5) is 5.69 Å². The minimum absolute atomic E-state index is 0.111. The molecule has 4 rings (SSSR count). The van der Waals surface area contributed by atoms with E-state index in [1.165, 1.54) is 23.5 Å². The predicted octanol–water partition coefficient (Wildman–Crippen LogP) is 3.42. The SMILES string of the molecule is Cc1ccc(CNS(=O)(=O)c2ccc3c(c2)/C(=C\c2nccs2)C(=O)N3)cc1. The molecule has 0 unspecified atom stereocenters. The number of nitrogens with one attached hydrogen (secondary N) is 2. The molecule has 0 aliphatic carbocycles. The van der Waals surface area contributed by atoms with Gasteiger partial charge in [-0.15, -0.1) is 11.3 Å². The van der Waals surface area contributed by atoms with Gasteiger partial charge < -0.3 is 5.32 Å². The van der Waals surface area contributed by atoms with E-state index in [4.69, 9.17) is 0 Å². The topological polar surface area (TPSA) is 88.2 Å². The van der Waals surface area contributed by atoms with Crippen molar-refractivity contribution in [3.05, 3.63) is 75.7 Å². The van der Waals surface area contributed by atoms with Crippen LogP contribution < -0.4 is 10.0 Å². The summed E-state index contributed by atoms with van der Waals surface area (Å²) in [5.41, 5.74) is 3.53. The molecular formula is C20H17N3O3S2. The second-order valence-electron chi connectivity index (χ2n) is 6.40. The summed E-state index contributed by atoms with van der Waals surface area (Å²) in [6.07, 6.45) is 3.32. The van der Waals surface area contributed by atoms with Gasteiger partial charge in [0, 0.05) is 29.4 Å². The Hall–Kier alpha value is -2.81. The summed E-state index contributed by atoms with van der Waals surface area (Å²) in [5.74, 6) is -0.271. The molecule has 2 aromatic carbocycles. The summed E-state index contributed by atoms with van der Waals surface area (Å²) in [6.45, 7) is 2.17. The minimum Gasteiger partial charge on any atom is -0.321 e. The zero-order valence-electron chi connectivity index (χ0n) is 15.0. The van der Waals surface area contributed by atoms with E-state index in [0.29, 0.717) is 21.8 Å². The van der Waals surface area contributed by atoms with E-state index in [0.717, 1.165) is 11.1 Å². The maximum atomic E-state index is 12.7. The molecule has 0 saturated carbocycles. The van der Waals surface area contributed by atoms with Gasteiger partial charge in [-0.3, -0.25) is 4.79 Å². The summed E-state index contributed by atoms with van der Waals surface area (Å²) in [4.78, 5) is 16.6. The first-order valence-electron chi connectivity index (χ1n) is 8.54. The fourth-order valence-electron chi connectivity index (χ4n) is 2.87. The van der Waals surface area contributed by atoms with Gasteiger partial charge in [-0.2, -0.15) is 0 Å². The molecule has 6 nitrogen and oxygen atoms in total. The van der Waals surface area contributed by atoms with Crippen LogP contribution in [0, 0.1) is 6.92 Å². The highest BCUT2D eigenvalue weighted by molar-refractivity contribution is 7.89. The number of carbonyl (C=O) groups excluding carboxylic acids is 1. The van der Waals surface area contributed by atoms with Crippen molar-refractivity contribution in [2.75, 3.05) is 5.32 Å². The molecule has 142 valence electrons. The molecule has 2 heterocycles. The smallest absolute Gasteiger partial charge is 0.256 e. The van der Waals surface area contributed by atoms with Gasteiger partial charge in [0.1, 0.15) is 5.01 Å². The molecule has 2 N–H and O–H groups in total. The van der Waals surface area contributed by atoms with Gasteiger partial charge in [0.15, 0.2) is 0 Å². The highest BCUT2D eigenvalue weighted by atomic mass is 32.2. The number of aryl methyl sites for hydroxylation is 1. The third-order valence-electron chi connectivity index (χ3n) is 4.39. The number of hydrogen-bond acceptors (Lipinski definition) is 5. The van der Waals surface area contributed by atoms with E-state index in [2.05, 4.69) is 15.0 Å². The number of rotatable bonds is 5. The van der Waals surface area contributed by atoms with Crippen LogP contribution in [0.3, 0.4) is 0 Å². The number of amides is 1. The van der Waals surface area contributed by atoms with Crippen molar-refractivity contribution in [2.24, 2.45) is 0 Å². The van der Waals surface area contributed by atoms with Gasteiger partial charge in [0.25, 0.3) is 5.91 Å². The van der Waals surface area contributed by atoms with E-state index in [1.54, 1.807) is 18.3 Å². The van der Waals surface area contributed by atoms with Gasteiger partial charge in [0.05, 0.1) is 10.5 Å². The zero-order valence-corrected chi connectivity index (χ0v) is 16.6. The lowest BCUT2D eigenvalue weighted by Crippen LogP contribution is -2.23. The Bertz CT molecular complexity index is 1170. The largest absolute Gasteiger partial charge is 0.321 e. The van der Waals surface area contributed by atoms with Crippen LogP contribution >= 0.6 is 11.3 Å². The summed E-state index contributed by atoms with van der Waals surface area (Å²) in [7, 11) is -3.72. The van der Waals surface area contributed by atoms with E-state index in [9.17, 15) is 13.2 Å². The highest BCUT2D eigenvalue weighted by Gasteiger charge is 2.27. The number of benzene rings is 2. The van der Waals surface area contributed by atoms with E-state index < -0.39 is 10.0 Å². The van der Waals surface area contributed by atoms with Gasteiger partial charge >= 0.3 is 0 Å². The summed E-state index contributed by atoms with van der Waals surface area (Å²) < 4.78 is 28.1. The Morgan fingerprint density at radius 2 is 1.96 bits per heavy atom. The number of carbonyl (C=O) groups is 1. The van der Waals surface area contributed by atoms with Crippen LogP contribution in [-0.2, 0) is 21.4 Å². The van der Waals surface area contributed by atoms with E-state index >= 15 is 0 Å². The standard InChI is InChI=1S/C20H17N3O3S2/c1-13-2-4-14(5-3-13)12-22-28(25,26)15-6-7-18-16(10-15)17(20(24)23-18)11-19-21-8-9-27-19/h2-11,22H,12H2,1H3,(H,23,24)/b17-11+. The van der Waals surface area contributed by atoms with E-state index in [-0.39, 0.29) is 17.3 Å². The molecule has 0 fully saturated rings. The predicted molar refractivity (Wildman–Crippen MR) is 110 cm³/mol. The Balaban J connectivity index is 1.62. The summed E-state index contributed by atoms with van der Waals surface area (Å²) >= 11 is 1.40. The lowest BCUT2D eigenvalue weighted by molar-refractivity contribution is -0.110. The maximum absolute atomic E-state index is 12.7. The third kappa shape index (κ3) is 3.75. The second-order valence-corrected chi connectivity index (χ2v) is 9.09. The van der Waals surface area contributed by atoms with Crippen LogP contribution in [-0.4, -0.2) is 19.3 Å². The van der Waals surface area contributed by atoms with Crippen molar-refractivity contribution in [1.29, 1.82) is 0 Å². The molecule has 3 aromatic rings. The molecule has 8 heteroatoms. The van der Waals surface area contributed by atoms with Gasteiger partial charge in [-0.1, -0.05) is 29.8 Å². The fourth-order valence-corrected chi connectivity index (χ4v) is 4.49. The first-order chi connectivity index (χ1) is 13.4. The quantitative estimate of drug-likeness (QED) is 0.630. The average Bonchev–Trinajstić information content (AvgIpc) is 3.29. The van der Waals surface area contributed by atoms with Crippen LogP contribution in [0.25, 0.3) is 11.6 Å². The van der Waals surface area contributed by atoms with Gasteiger partial charge in [-0.05, 0) is 36.8 Å². The number of hydrogen-bond donors (Lipinski definition) is 2. The van der Waals surface area contributed by atoms with Crippen LogP contribution in [0.15, 0.2) is 58.9 Å². The number of nitrogens with zero attached hydrogens (tertiary/aromatic N) is 1. The van der Waals surface area contributed by atoms with Crippen molar-refractivity contribution < 1.29 is 13.2 Å². The van der Waals surface area contributed by atoms with E-state index in [1.807, 2.05) is 36.6 Å². The first kappa shape index (κ1) is 18.5. The Kier molecular flexibility index (Phi) is 4.84. The fraction of sp³-hybridized carbons (Fsp3) is 0.100. The Labute approximate surface area is 167 Å². The number of aromatic nitrogens is 1. The monoisotopic (exact) mass is 411 g/mol. The summed E-state index contributed by atoms with van der Waals surface area (Å²) in [5, 5.41) is 5.26. The number of anilines is 1. The highest BCUT2D eigenvalue weighted by Crippen LogP contribution is 2.35. The molecule has 0 bridgehead atoms. The van der Waals surface area contributed by atoms with Crippen LogP contribution in [0.1, 0.15) is 21.7 Å². The minimum atomic E-state index is -3.72. The lowest BCUT2D eigenvalue weighted by Gasteiger charge is -2.09. The molecular weight excluding hydrogens is 394 g/mol. The normalized spacial score (nSPS) is 14.9. The molecule has 1 aliphatic heterocycles. The molecule has 1 aromatic heterocycles. The zero-order chi connectivity index (χ0) is 19.7. The Morgan fingerprint density at radius 1 is 1.18 bits per heavy atom. The Morgan fingerprint density at radius 3 is 2.68 bits per heavy atom. The average molecular weight is 412 g/mol. The van der Waals surface area contributed by atoms with Crippen molar-refractivity contribution in [1.82, 2.24) is 9.71 Å². The molecule has 1 aliphatic rings. The summed E-state index contributed by atoms with van der Waals surface area (Å²) in [6, 6.07) is 12.3. The molecule has 28 heavy (non-hydrogen) atoms. The molecule has 1 amide bonds. The number of sulfonamides is 1. The van der Waals surface area contributed by atoms with Crippen molar-refractivity contribution in [3.8, 4) is 0 Å². The molecule has 0 radical (unpaired) electrons. The third-order valence-corrected chi connectivity index (χ3v) is 6.51. The van der Waals surface area contributed by atoms with Crippen molar-refractivity contribution in [2.45, 2.75) is 18.4 Å². The van der Waals surface area contributed by atoms with Gasteiger partial charge in [-0.25, -0.2) is 18.1 Å². The van der Waals surface area contributed by atoms with Crippen molar-refractivity contribution >= 4 is 44.6 Å². The van der Waals surface area contributed by atoms with Crippen LogP contribution in [0.2, 0.25) is 0 Å². The first-order valence-corrected chi connectivity index (χ1v) is 10.9. The number of thiazole rings is 1. The van der Waals surface area contributed by atoms with Crippen LogP contribution in [0.5, 0.6) is 0 Å². The lowest BCUT2D eigenvalue weighted by atomic mass is 10.1. The number of fused-ring (bicyclic) bond motifs is 1. The maximum Gasteiger partial charge on any atom is 0.256 e. The van der Waals surface area contributed by atoms with Gasteiger partial charge in [0.2, 0.25) is 10.0 Å².